The highest BCUT2D eigenvalue weighted by Gasteiger charge is 2.38. The fourth-order valence-electron chi connectivity index (χ4n) is 2.27. The highest BCUT2D eigenvalue weighted by atomic mass is 16.5. The molecule has 2 fully saturated rings. The van der Waals surface area contributed by atoms with E-state index in [1.54, 1.807) is 0 Å². The second kappa shape index (κ2) is 3.58. The van der Waals surface area contributed by atoms with Crippen molar-refractivity contribution in [1.29, 1.82) is 5.26 Å². The predicted molar refractivity (Wildman–Crippen MR) is 49.3 cm³/mol. The molecular weight excluding hydrogens is 180 g/mol. The Labute approximate surface area is 83.4 Å². The third kappa shape index (κ3) is 1.48. The van der Waals surface area contributed by atoms with Gasteiger partial charge in [-0.05, 0) is 13.3 Å². The molecule has 0 radical (unpaired) electrons. The van der Waals surface area contributed by atoms with Gasteiger partial charge in [0, 0.05) is 19.6 Å². The third-order valence-electron chi connectivity index (χ3n) is 3.08. The topological polar surface area (TPSA) is 53.3 Å². The minimum Gasteiger partial charge on any atom is -0.376 e. The van der Waals surface area contributed by atoms with Crippen LogP contribution in [0.3, 0.4) is 0 Å². The number of nitriles is 1. The van der Waals surface area contributed by atoms with Gasteiger partial charge in [0.05, 0.1) is 24.1 Å². The summed E-state index contributed by atoms with van der Waals surface area (Å²) < 4.78 is 5.42. The van der Waals surface area contributed by atoms with Crippen molar-refractivity contribution in [2.24, 2.45) is 5.92 Å². The fraction of sp³-hybridized carbons (Fsp3) is 0.800. The summed E-state index contributed by atoms with van der Waals surface area (Å²) in [6, 6.07) is 2.35. The van der Waals surface area contributed by atoms with E-state index in [-0.39, 0.29) is 24.0 Å². The van der Waals surface area contributed by atoms with Crippen LogP contribution in [0.5, 0.6) is 0 Å². The Morgan fingerprint density at radius 2 is 2.43 bits per heavy atom. The van der Waals surface area contributed by atoms with Crippen molar-refractivity contribution in [2.75, 3.05) is 13.2 Å². The van der Waals surface area contributed by atoms with Gasteiger partial charge in [-0.3, -0.25) is 4.79 Å². The number of carbonyl (C=O) groups is 1. The van der Waals surface area contributed by atoms with Gasteiger partial charge in [-0.15, -0.1) is 0 Å². The third-order valence-corrected chi connectivity index (χ3v) is 3.08. The number of hydrogen-bond acceptors (Lipinski definition) is 3. The van der Waals surface area contributed by atoms with Gasteiger partial charge in [0.25, 0.3) is 0 Å². The fourth-order valence-corrected chi connectivity index (χ4v) is 2.27. The van der Waals surface area contributed by atoms with E-state index in [1.807, 2.05) is 11.8 Å². The standard InChI is InChI=1S/C10H14N2O2/c1-7-9(2-3-14-7)12-6-8(5-11)4-10(12)13/h7-9H,2-4,6H2,1H3. The number of likely N-dealkylation sites (tertiary alicyclic amines) is 1. The maximum absolute atomic E-state index is 11.6. The van der Waals surface area contributed by atoms with E-state index in [0.717, 1.165) is 13.0 Å². The van der Waals surface area contributed by atoms with Gasteiger partial charge in [-0.1, -0.05) is 0 Å². The minimum absolute atomic E-state index is 0.110. The molecule has 0 aliphatic carbocycles. The lowest BCUT2D eigenvalue weighted by Crippen LogP contribution is -2.40. The molecule has 4 heteroatoms. The van der Waals surface area contributed by atoms with Gasteiger partial charge in [0.15, 0.2) is 0 Å². The van der Waals surface area contributed by atoms with Gasteiger partial charge < -0.3 is 9.64 Å². The molecular formula is C10H14N2O2. The van der Waals surface area contributed by atoms with Crippen LogP contribution in [0, 0.1) is 17.2 Å². The highest BCUT2D eigenvalue weighted by Crippen LogP contribution is 2.26. The van der Waals surface area contributed by atoms with Gasteiger partial charge in [0.1, 0.15) is 0 Å². The summed E-state index contributed by atoms with van der Waals surface area (Å²) in [5, 5.41) is 8.75. The molecule has 0 N–H and O–H groups in total. The molecule has 3 unspecified atom stereocenters. The Hall–Kier alpha value is -1.08. The summed E-state index contributed by atoms with van der Waals surface area (Å²) in [6.45, 7) is 3.31. The molecule has 2 aliphatic heterocycles. The monoisotopic (exact) mass is 194 g/mol. The normalized spacial score (nSPS) is 37.6. The number of hydrogen-bond donors (Lipinski definition) is 0. The molecule has 2 aliphatic rings. The van der Waals surface area contributed by atoms with Gasteiger partial charge in [-0.25, -0.2) is 0 Å². The van der Waals surface area contributed by atoms with E-state index in [0.29, 0.717) is 13.0 Å². The first kappa shape index (κ1) is 9.47. The van der Waals surface area contributed by atoms with Crippen LogP contribution < -0.4 is 0 Å². The van der Waals surface area contributed by atoms with E-state index in [2.05, 4.69) is 6.07 Å². The maximum atomic E-state index is 11.6. The number of rotatable bonds is 1. The van der Waals surface area contributed by atoms with E-state index >= 15 is 0 Å². The quantitative estimate of drug-likeness (QED) is 0.612. The highest BCUT2D eigenvalue weighted by molar-refractivity contribution is 5.79. The van der Waals surface area contributed by atoms with Crippen LogP contribution in [0.1, 0.15) is 19.8 Å². The Bertz CT molecular complexity index is 284. The Morgan fingerprint density at radius 3 is 2.93 bits per heavy atom. The largest absolute Gasteiger partial charge is 0.376 e. The molecule has 3 atom stereocenters. The summed E-state index contributed by atoms with van der Waals surface area (Å²) in [5.41, 5.74) is 0. The van der Waals surface area contributed by atoms with E-state index in [4.69, 9.17) is 10.00 Å². The molecule has 0 aromatic carbocycles. The zero-order valence-electron chi connectivity index (χ0n) is 8.27. The van der Waals surface area contributed by atoms with Crippen LogP contribution in [0.2, 0.25) is 0 Å². The van der Waals surface area contributed by atoms with E-state index < -0.39 is 0 Å². The van der Waals surface area contributed by atoms with Gasteiger partial charge in [-0.2, -0.15) is 5.26 Å². The van der Waals surface area contributed by atoms with Crippen molar-refractivity contribution < 1.29 is 9.53 Å². The van der Waals surface area contributed by atoms with Crippen molar-refractivity contribution in [3.05, 3.63) is 0 Å². The molecule has 0 aromatic heterocycles. The molecule has 2 saturated heterocycles. The lowest BCUT2D eigenvalue weighted by atomic mass is 10.1. The summed E-state index contributed by atoms with van der Waals surface area (Å²) in [4.78, 5) is 13.4. The first-order chi connectivity index (χ1) is 6.72. The molecule has 2 rings (SSSR count). The summed E-state index contributed by atoms with van der Waals surface area (Å²) in [5.74, 6) is -0.00537. The average Bonchev–Trinajstić information content (AvgIpc) is 2.72. The number of ether oxygens (including phenoxy) is 1. The SMILES string of the molecule is CC1OCCC1N1CC(C#N)CC1=O. The van der Waals surface area contributed by atoms with Crippen LogP contribution in [-0.4, -0.2) is 36.1 Å². The van der Waals surface area contributed by atoms with Crippen LogP contribution in [-0.2, 0) is 9.53 Å². The summed E-state index contributed by atoms with van der Waals surface area (Å²) in [6.07, 6.45) is 1.42. The molecule has 0 aromatic rings. The van der Waals surface area contributed by atoms with Crippen LogP contribution >= 0.6 is 0 Å². The first-order valence-electron chi connectivity index (χ1n) is 5.03. The minimum atomic E-state index is -0.115. The Balaban J connectivity index is 2.05. The molecule has 76 valence electrons. The molecule has 0 bridgehead atoms. The van der Waals surface area contributed by atoms with Crippen molar-refractivity contribution in [3.8, 4) is 6.07 Å². The summed E-state index contributed by atoms with van der Waals surface area (Å²) >= 11 is 0. The molecule has 4 nitrogen and oxygen atoms in total. The average molecular weight is 194 g/mol. The molecule has 0 saturated carbocycles. The maximum Gasteiger partial charge on any atom is 0.224 e. The zero-order chi connectivity index (χ0) is 10.1. The van der Waals surface area contributed by atoms with Crippen molar-refractivity contribution >= 4 is 5.91 Å². The second-order valence-corrected chi connectivity index (χ2v) is 4.01. The lowest BCUT2D eigenvalue weighted by Gasteiger charge is -2.26. The lowest BCUT2D eigenvalue weighted by molar-refractivity contribution is -0.130. The smallest absolute Gasteiger partial charge is 0.224 e. The first-order valence-corrected chi connectivity index (χ1v) is 5.03. The van der Waals surface area contributed by atoms with Crippen LogP contribution in [0.4, 0.5) is 0 Å². The van der Waals surface area contributed by atoms with Crippen LogP contribution in [0.15, 0.2) is 0 Å². The van der Waals surface area contributed by atoms with E-state index in [1.165, 1.54) is 0 Å². The molecule has 2 heterocycles. The van der Waals surface area contributed by atoms with Crippen molar-refractivity contribution in [2.45, 2.75) is 31.9 Å². The Morgan fingerprint density at radius 1 is 1.64 bits per heavy atom. The zero-order valence-corrected chi connectivity index (χ0v) is 8.27. The molecule has 1 amide bonds. The number of nitrogens with zero attached hydrogens (tertiary/aromatic N) is 2. The van der Waals surface area contributed by atoms with E-state index in [9.17, 15) is 4.79 Å². The Kier molecular flexibility index (Phi) is 2.42. The molecule has 0 spiro atoms. The number of carbonyl (C=O) groups excluding carboxylic acids is 1. The van der Waals surface area contributed by atoms with Crippen molar-refractivity contribution in [1.82, 2.24) is 4.90 Å². The van der Waals surface area contributed by atoms with Crippen LogP contribution in [0.25, 0.3) is 0 Å². The summed E-state index contributed by atoms with van der Waals surface area (Å²) in [7, 11) is 0. The second-order valence-electron chi connectivity index (χ2n) is 4.01. The van der Waals surface area contributed by atoms with Crippen molar-refractivity contribution in [3.63, 3.8) is 0 Å². The predicted octanol–water partition coefficient (Wildman–Crippen LogP) is 0.536. The van der Waals surface area contributed by atoms with Gasteiger partial charge in [0.2, 0.25) is 5.91 Å². The number of amides is 1. The van der Waals surface area contributed by atoms with Gasteiger partial charge >= 0.3 is 0 Å². The molecule has 14 heavy (non-hydrogen) atoms.